The molecule has 0 aliphatic carbocycles. The van der Waals surface area contributed by atoms with Gasteiger partial charge in [0.2, 0.25) is 5.95 Å². The van der Waals surface area contributed by atoms with Crippen LogP contribution in [-0.4, -0.2) is 58.8 Å². The summed E-state index contributed by atoms with van der Waals surface area (Å²) >= 11 is 0. The average molecular weight is 486 g/mol. The third-order valence-electron chi connectivity index (χ3n) is 7.19. The summed E-state index contributed by atoms with van der Waals surface area (Å²) in [6.45, 7) is 3.46. The fourth-order valence-electron chi connectivity index (χ4n) is 5.35. The van der Waals surface area contributed by atoms with Crippen LogP contribution in [0.5, 0.6) is 5.75 Å². The zero-order valence-corrected chi connectivity index (χ0v) is 21.2. The Hall–Kier alpha value is -3.29. The Balaban J connectivity index is 1.47. The van der Waals surface area contributed by atoms with Crippen molar-refractivity contribution in [3.8, 4) is 17.0 Å². The molecule has 3 heterocycles. The van der Waals surface area contributed by atoms with Crippen molar-refractivity contribution in [2.75, 3.05) is 32.6 Å². The molecule has 1 aromatic heterocycles. The molecule has 3 aromatic rings. The molecule has 0 amide bonds. The number of anilines is 2. The topological polar surface area (TPSA) is 70.6 Å². The summed E-state index contributed by atoms with van der Waals surface area (Å²) in [4.78, 5) is 27.0. The zero-order valence-electron chi connectivity index (χ0n) is 21.2. The molecule has 1 fully saturated rings. The van der Waals surface area contributed by atoms with Gasteiger partial charge >= 0.3 is 0 Å². The number of methoxy groups -OCH3 is 1. The number of hydrogen-bond acceptors (Lipinski definition) is 7. The fraction of sp³-hybridized carbons (Fsp3) is 0.414. The van der Waals surface area contributed by atoms with Crippen LogP contribution < -0.4 is 10.1 Å². The van der Waals surface area contributed by atoms with Gasteiger partial charge in [0.15, 0.2) is 0 Å². The molecule has 0 spiro atoms. The van der Waals surface area contributed by atoms with Gasteiger partial charge in [-0.15, -0.1) is 0 Å². The van der Waals surface area contributed by atoms with Crippen molar-refractivity contribution < 1.29 is 9.53 Å². The largest absolute Gasteiger partial charge is 0.496 e. The van der Waals surface area contributed by atoms with E-state index in [1.807, 2.05) is 30.3 Å². The lowest BCUT2D eigenvalue weighted by Crippen LogP contribution is -2.35. The molecule has 2 aliphatic heterocycles. The summed E-state index contributed by atoms with van der Waals surface area (Å²) in [5, 5.41) is 3.37. The second-order valence-electron chi connectivity index (χ2n) is 9.91. The summed E-state index contributed by atoms with van der Waals surface area (Å²) in [5.41, 5.74) is 5.14. The number of fused-ring (bicyclic) bond motifs is 8. The predicted molar refractivity (Wildman–Crippen MR) is 142 cm³/mol. The van der Waals surface area contributed by atoms with Gasteiger partial charge in [0, 0.05) is 42.5 Å². The monoisotopic (exact) mass is 485 g/mol. The van der Waals surface area contributed by atoms with Gasteiger partial charge in [0.1, 0.15) is 11.5 Å². The normalized spacial score (nSPS) is 19.8. The van der Waals surface area contributed by atoms with Crippen LogP contribution in [0.25, 0.3) is 11.3 Å². The number of aromatic nitrogens is 2. The summed E-state index contributed by atoms with van der Waals surface area (Å²) < 4.78 is 5.65. The van der Waals surface area contributed by atoms with E-state index in [9.17, 15) is 4.79 Å². The summed E-state index contributed by atoms with van der Waals surface area (Å²) in [6, 6.07) is 16.5. The zero-order chi connectivity index (χ0) is 24.9. The molecule has 0 radical (unpaired) electrons. The molecule has 1 saturated heterocycles. The Morgan fingerprint density at radius 3 is 2.83 bits per heavy atom. The summed E-state index contributed by atoms with van der Waals surface area (Å²) in [6.07, 6.45) is 6.41. The van der Waals surface area contributed by atoms with Gasteiger partial charge in [-0.2, -0.15) is 0 Å². The molecule has 6 bridgehead atoms. The molecule has 7 heteroatoms. The van der Waals surface area contributed by atoms with Gasteiger partial charge < -0.3 is 15.0 Å². The van der Waals surface area contributed by atoms with Crippen molar-refractivity contribution in [1.29, 1.82) is 0 Å². The van der Waals surface area contributed by atoms with E-state index in [4.69, 9.17) is 9.72 Å². The molecule has 0 saturated carbocycles. The Bertz CT molecular complexity index is 1210. The van der Waals surface area contributed by atoms with Crippen LogP contribution >= 0.6 is 0 Å². The number of Topliss-reactive ketones (excluding diaryl/α,β-unsaturated/α-hetero) is 1. The number of carbonyl (C=O) groups is 1. The smallest absolute Gasteiger partial charge is 0.227 e. The summed E-state index contributed by atoms with van der Waals surface area (Å²) in [7, 11) is 3.83. The highest BCUT2D eigenvalue weighted by atomic mass is 16.5. The van der Waals surface area contributed by atoms with Crippen LogP contribution in [0, 0.1) is 0 Å². The van der Waals surface area contributed by atoms with Crippen LogP contribution in [0.4, 0.5) is 11.6 Å². The number of ketones is 1. The maximum absolute atomic E-state index is 13.1. The van der Waals surface area contributed by atoms with Crippen molar-refractivity contribution in [2.45, 2.75) is 51.2 Å². The number of hydrogen-bond donors (Lipinski definition) is 1. The quantitative estimate of drug-likeness (QED) is 0.517. The van der Waals surface area contributed by atoms with Crippen LogP contribution in [0.2, 0.25) is 0 Å². The second-order valence-corrected chi connectivity index (χ2v) is 9.91. The van der Waals surface area contributed by atoms with Crippen LogP contribution in [0.3, 0.4) is 0 Å². The molecular formula is C29H35N5O2. The molecule has 0 unspecified atom stereocenters. The molecule has 2 aromatic carbocycles. The Labute approximate surface area is 213 Å². The standard InChI is InChI=1S/C29H35N5O2/c1-33-15-4-3-10-27(35)26-9-6-16-34(26)19-21-7-5-8-24(17-21)31-29-30-14-13-25(32-29)22-11-12-28(36-2)23(18-22)20-33/h5,7-8,11-14,17-18,26H,3-4,6,9-10,15-16,19-20H2,1-2H3,(H,30,31,32)/t26-/m1/s1. The minimum absolute atomic E-state index is 0.0388. The van der Waals surface area contributed by atoms with E-state index >= 15 is 0 Å². The predicted octanol–water partition coefficient (Wildman–Crippen LogP) is 5.05. The molecule has 5 rings (SSSR count). The molecule has 36 heavy (non-hydrogen) atoms. The first-order chi connectivity index (χ1) is 17.6. The lowest BCUT2D eigenvalue weighted by Gasteiger charge is -2.24. The van der Waals surface area contributed by atoms with Gasteiger partial charge in [-0.3, -0.25) is 9.69 Å². The minimum Gasteiger partial charge on any atom is -0.496 e. The van der Waals surface area contributed by atoms with Gasteiger partial charge in [0.25, 0.3) is 0 Å². The van der Waals surface area contributed by atoms with Gasteiger partial charge in [-0.25, -0.2) is 9.97 Å². The van der Waals surface area contributed by atoms with Crippen molar-refractivity contribution in [3.05, 3.63) is 65.9 Å². The van der Waals surface area contributed by atoms with Crippen molar-refractivity contribution in [3.63, 3.8) is 0 Å². The molecule has 1 N–H and O–H groups in total. The van der Waals surface area contributed by atoms with Crippen LogP contribution in [0.1, 0.15) is 43.2 Å². The average Bonchev–Trinajstić information content (AvgIpc) is 3.34. The maximum Gasteiger partial charge on any atom is 0.227 e. The highest BCUT2D eigenvalue weighted by Crippen LogP contribution is 2.28. The third-order valence-corrected chi connectivity index (χ3v) is 7.19. The third kappa shape index (κ3) is 5.74. The van der Waals surface area contributed by atoms with Crippen LogP contribution in [-0.2, 0) is 17.9 Å². The molecule has 7 nitrogen and oxygen atoms in total. The number of rotatable bonds is 1. The lowest BCUT2D eigenvalue weighted by atomic mass is 10.0. The van der Waals surface area contributed by atoms with E-state index in [0.717, 1.165) is 80.1 Å². The number of benzene rings is 2. The van der Waals surface area contributed by atoms with Gasteiger partial charge in [-0.1, -0.05) is 12.1 Å². The fourth-order valence-corrected chi connectivity index (χ4v) is 5.35. The maximum atomic E-state index is 13.1. The van der Waals surface area contributed by atoms with Crippen LogP contribution in [0.15, 0.2) is 54.7 Å². The number of nitrogens with one attached hydrogen (secondary N) is 1. The molecular weight excluding hydrogens is 450 g/mol. The van der Waals surface area contributed by atoms with E-state index in [-0.39, 0.29) is 6.04 Å². The van der Waals surface area contributed by atoms with Crippen molar-refractivity contribution in [2.24, 2.45) is 0 Å². The van der Waals surface area contributed by atoms with E-state index < -0.39 is 0 Å². The Morgan fingerprint density at radius 1 is 1.03 bits per heavy atom. The first kappa shape index (κ1) is 24.4. The SMILES string of the molecule is COc1ccc2cc1CN(C)CCCCC(=O)[C@H]1CCCN1Cc1cccc(c1)Nc1nccc-2n1. The van der Waals surface area contributed by atoms with E-state index in [0.29, 0.717) is 18.2 Å². The first-order valence-corrected chi connectivity index (χ1v) is 12.9. The number of carbonyl (C=O) groups excluding carboxylic acids is 1. The lowest BCUT2D eigenvalue weighted by molar-refractivity contribution is -0.123. The Kier molecular flexibility index (Phi) is 7.58. The minimum atomic E-state index is 0.0388. The highest BCUT2D eigenvalue weighted by Gasteiger charge is 2.30. The van der Waals surface area contributed by atoms with E-state index in [1.54, 1.807) is 13.3 Å². The Morgan fingerprint density at radius 2 is 1.94 bits per heavy atom. The summed E-state index contributed by atoms with van der Waals surface area (Å²) in [5.74, 6) is 1.81. The van der Waals surface area contributed by atoms with Gasteiger partial charge in [-0.05, 0) is 87.8 Å². The number of nitrogens with zero attached hydrogens (tertiary/aromatic N) is 4. The second kappa shape index (κ2) is 11.2. The van der Waals surface area contributed by atoms with E-state index in [1.165, 1.54) is 5.56 Å². The van der Waals surface area contributed by atoms with E-state index in [2.05, 4.69) is 45.3 Å². The first-order valence-electron chi connectivity index (χ1n) is 12.9. The highest BCUT2D eigenvalue weighted by molar-refractivity contribution is 5.84. The van der Waals surface area contributed by atoms with Crippen molar-refractivity contribution in [1.82, 2.24) is 19.8 Å². The molecule has 188 valence electrons. The van der Waals surface area contributed by atoms with Crippen molar-refractivity contribution >= 4 is 17.4 Å². The number of ether oxygens (including phenoxy) is 1. The molecule has 2 aliphatic rings. The molecule has 1 atom stereocenters. The van der Waals surface area contributed by atoms with Gasteiger partial charge in [0.05, 0.1) is 18.8 Å².